The van der Waals surface area contributed by atoms with Crippen molar-refractivity contribution in [2.75, 3.05) is 32.2 Å². The number of thiophene rings is 1. The lowest BCUT2D eigenvalue weighted by Gasteiger charge is -2.34. The summed E-state index contributed by atoms with van der Waals surface area (Å²) in [6.45, 7) is 4.44. The monoisotopic (exact) mass is 307 g/mol. The molecule has 6 heteroatoms. The predicted octanol–water partition coefficient (Wildman–Crippen LogP) is 3.17. The van der Waals surface area contributed by atoms with Crippen LogP contribution in [0.1, 0.15) is 32.0 Å². The number of methoxy groups -OCH3 is 1. The van der Waals surface area contributed by atoms with Crippen LogP contribution in [-0.4, -0.2) is 36.8 Å². The first-order chi connectivity index (χ1) is 10.3. The molecule has 0 radical (unpaired) electrons. The molecule has 5 nitrogen and oxygen atoms in total. The number of nitrogens with one attached hydrogen (secondary N) is 1. The second kappa shape index (κ2) is 6.25. The van der Waals surface area contributed by atoms with Crippen LogP contribution >= 0.6 is 11.3 Å². The summed E-state index contributed by atoms with van der Waals surface area (Å²) >= 11 is 1.64. The Morgan fingerprint density at radius 2 is 2.19 bits per heavy atom. The highest BCUT2D eigenvalue weighted by Crippen LogP contribution is 2.36. The maximum Gasteiger partial charge on any atom is 0.164 e. The van der Waals surface area contributed by atoms with Gasteiger partial charge in [-0.15, -0.1) is 11.3 Å². The third-order valence-corrected chi connectivity index (χ3v) is 4.77. The summed E-state index contributed by atoms with van der Waals surface area (Å²) in [5, 5.41) is 6.57. The highest BCUT2D eigenvalue weighted by Gasteiger charge is 2.38. The number of ether oxygens (including phenoxy) is 2. The first-order valence-corrected chi connectivity index (χ1v) is 8.29. The molecule has 3 rings (SSSR count). The number of anilines is 1. The molecule has 0 unspecified atom stereocenters. The molecular formula is C15H21N3O2S. The van der Waals surface area contributed by atoms with Gasteiger partial charge in [0.2, 0.25) is 0 Å². The van der Waals surface area contributed by atoms with E-state index in [0.29, 0.717) is 13.2 Å². The molecule has 1 fully saturated rings. The molecule has 0 aliphatic carbocycles. The van der Waals surface area contributed by atoms with Crippen molar-refractivity contribution < 1.29 is 9.47 Å². The summed E-state index contributed by atoms with van der Waals surface area (Å²) in [7, 11) is 1.74. The lowest BCUT2D eigenvalue weighted by molar-refractivity contribution is -0.0997. The van der Waals surface area contributed by atoms with Crippen LogP contribution in [0.4, 0.5) is 5.82 Å². The Labute approximate surface area is 128 Å². The van der Waals surface area contributed by atoms with Gasteiger partial charge in [-0.2, -0.15) is 0 Å². The van der Waals surface area contributed by atoms with Gasteiger partial charge in [0, 0.05) is 39.7 Å². The number of hydrogen-bond acceptors (Lipinski definition) is 6. The smallest absolute Gasteiger partial charge is 0.164 e. The van der Waals surface area contributed by atoms with Gasteiger partial charge in [-0.05, 0) is 17.9 Å². The van der Waals surface area contributed by atoms with E-state index in [4.69, 9.17) is 19.4 Å². The van der Waals surface area contributed by atoms with Crippen molar-refractivity contribution in [3.05, 3.63) is 17.3 Å². The van der Waals surface area contributed by atoms with Crippen LogP contribution in [0.5, 0.6) is 0 Å². The number of nitrogens with zero attached hydrogens (tertiary/aromatic N) is 2. The fraction of sp³-hybridized carbons (Fsp3) is 0.600. The summed E-state index contributed by atoms with van der Waals surface area (Å²) < 4.78 is 11.3. The van der Waals surface area contributed by atoms with E-state index in [9.17, 15) is 0 Å². The molecule has 114 valence electrons. The van der Waals surface area contributed by atoms with Crippen LogP contribution in [0.15, 0.2) is 11.4 Å². The molecule has 0 aromatic carbocycles. The van der Waals surface area contributed by atoms with Crippen LogP contribution < -0.4 is 5.32 Å². The molecule has 1 aliphatic rings. The zero-order valence-corrected chi connectivity index (χ0v) is 13.3. The normalized spacial score (nSPS) is 18.0. The number of hydrogen-bond donors (Lipinski definition) is 1. The highest BCUT2D eigenvalue weighted by molar-refractivity contribution is 7.16. The molecule has 1 aliphatic heterocycles. The Kier molecular flexibility index (Phi) is 4.37. The van der Waals surface area contributed by atoms with E-state index in [-0.39, 0.29) is 0 Å². The molecule has 0 bridgehead atoms. The second-order valence-electron chi connectivity index (χ2n) is 5.27. The number of fused-ring (bicyclic) bond motifs is 1. The second-order valence-corrected chi connectivity index (χ2v) is 6.17. The maximum absolute atomic E-state index is 5.82. The lowest BCUT2D eigenvalue weighted by Crippen LogP contribution is -2.37. The number of rotatable bonds is 5. The van der Waals surface area contributed by atoms with E-state index in [1.165, 1.54) is 0 Å². The molecule has 1 N–H and O–H groups in total. The Hall–Kier alpha value is -1.24. The Morgan fingerprint density at radius 1 is 1.38 bits per heavy atom. The van der Waals surface area contributed by atoms with E-state index in [1.807, 2.05) is 0 Å². The van der Waals surface area contributed by atoms with Crippen molar-refractivity contribution >= 4 is 27.4 Å². The fourth-order valence-corrected chi connectivity index (χ4v) is 3.42. The third-order valence-electron chi connectivity index (χ3n) is 3.97. The van der Waals surface area contributed by atoms with Crippen LogP contribution in [-0.2, 0) is 15.1 Å². The first kappa shape index (κ1) is 14.7. The highest BCUT2D eigenvalue weighted by atomic mass is 32.1. The van der Waals surface area contributed by atoms with Crippen molar-refractivity contribution in [1.82, 2.24) is 9.97 Å². The molecule has 0 atom stereocenters. The topological polar surface area (TPSA) is 56.3 Å². The summed E-state index contributed by atoms with van der Waals surface area (Å²) in [4.78, 5) is 10.6. The molecule has 21 heavy (non-hydrogen) atoms. The van der Waals surface area contributed by atoms with E-state index >= 15 is 0 Å². The van der Waals surface area contributed by atoms with Gasteiger partial charge in [-0.25, -0.2) is 9.97 Å². The minimum absolute atomic E-state index is 0.418. The maximum atomic E-state index is 5.82. The Balaban J connectivity index is 2.04. The van der Waals surface area contributed by atoms with Gasteiger partial charge in [0.1, 0.15) is 16.2 Å². The van der Waals surface area contributed by atoms with Crippen molar-refractivity contribution in [3.8, 4) is 0 Å². The summed E-state index contributed by atoms with van der Waals surface area (Å²) in [6, 6.07) is 2.07. The van der Waals surface area contributed by atoms with Gasteiger partial charge in [0.15, 0.2) is 5.82 Å². The van der Waals surface area contributed by atoms with Gasteiger partial charge in [-0.1, -0.05) is 6.92 Å². The average molecular weight is 307 g/mol. The van der Waals surface area contributed by atoms with Gasteiger partial charge >= 0.3 is 0 Å². The summed E-state index contributed by atoms with van der Waals surface area (Å²) in [5.41, 5.74) is -0.418. The van der Waals surface area contributed by atoms with Crippen molar-refractivity contribution in [2.45, 2.75) is 31.8 Å². The van der Waals surface area contributed by atoms with Crippen molar-refractivity contribution in [2.24, 2.45) is 0 Å². The molecule has 0 saturated carbocycles. The molecular weight excluding hydrogens is 286 g/mol. The van der Waals surface area contributed by atoms with Gasteiger partial charge in [-0.3, -0.25) is 0 Å². The first-order valence-electron chi connectivity index (χ1n) is 7.41. The zero-order valence-electron chi connectivity index (χ0n) is 12.5. The van der Waals surface area contributed by atoms with Crippen LogP contribution in [0.25, 0.3) is 10.2 Å². The predicted molar refractivity (Wildman–Crippen MR) is 84.9 cm³/mol. The van der Waals surface area contributed by atoms with Crippen LogP contribution in [0.2, 0.25) is 0 Å². The zero-order chi connectivity index (χ0) is 14.7. The quantitative estimate of drug-likeness (QED) is 0.919. The standard InChI is InChI=1S/C15H21N3O2S/c1-3-7-16-12-11-4-10-21-13(11)18-14(17-12)15(19-2)5-8-20-9-6-15/h4,10H,3,5-9H2,1-2H3,(H,16,17,18). The summed E-state index contributed by atoms with van der Waals surface area (Å²) in [6.07, 6.45) is 2.66. The van der Waals surface area contributed by atoms with Gasteiger partial charge in [0.25, 0.3) is 0 Å². The van der Waals surface area contributed by atoms with E-state index in [1.54, 1.807) is 18.4 Å². The molecule has 1 saturated heterocycles. The third kappa shape index (κ3) is 2.75. The van der Waals surface area contributed by atoms with Crippen LogP contribution in [0, 0.1) is 0 Å². The SMILES string of the molecule is CCCNc1nc(C2(OC)CCOCC2)nc2sccc12. The molecule has 0 spiro atoms. The Morgan fingerprint density at radius 3 is 2.90 bits per heavy atom. The van der Waals surface area contributed by atoms with Gasteiger partial charge < -0.3 is 14.8 Å². The minimum Gasteiger partial charge on any atom is -0.381 e. The molecule has 2 aromatic heterocycles. The Bertz CT molecular complexity index is 608. The molecule has 0 amide bonds. The van der Waals surface area contributed by atoms with Crippen molar-refractivity contribution in [3.63, 3.8) is 0 Å². The molecule has 2 aromatic rings. The lowest BCUT2D eigenvalue weighted by atomic mass is 9.93. The molecule has 3 heterocycles. The van der Waals surface area contributed by atoms with E-state index in [0.717, 1.165) is 47.7 Å². The average Bonchev–Trinajstić information content (AvgIpc) is 3.01. The van der Waals surface area contributed by atoms with E-state index < -0.39 is 5.60 Å². The summed E-state index contributed by atoms with van der Waals surface area (Å²) in [5.74, 6) is 1.70. The van der Waals surface area contributed by atoms with Gasteiger partial charge in [0.05, 0.1) is 5.39 Å². The van der Waals surface area contributed by atoms with Crippen molar-refractivity contribution in [1.29, 1.82) is 0 Å². The fourth-order valence-electron chi connectivity index (χ4n) is 2.66. The largest absolute Gasteiger partial charge is 0.381 e. The van der Waals surface area contributed by atoms with E-state index in [2.05, 4.69) is 23.7 Å². The van der Waals surface area contributed by atoms with Crippen LogP contribution in [0.3, 0.4) is 0 Å². The minimum atomic E-state index is -0.418. The number of aromatic nitrogens is 2.